The number of carbonyl (C=O) groups excluding carboxylic acids is 2. The van der Waals surface area contributed by atoms with Crippen molar-refractivity contribution in [3.63, 3.8) is 0 Å². The minimum atomic E-state index is -5.21. The maximum Gasteiger partial charge on any atom is 0.355 e. The van der Waals surface area contributed by atoms with Gasteiger partial charge in [0.15, 0.2) is 0 Å². The van der Waals surface area contributed by atoms with Gasteiger partial charge in [-0.25, -0.2) is 30.7 Å². The van der Waals surface area contributed by atoms with E-state index in [-0.39, 0.29) is 58.2 Å². The van der Waals surface area contributed by atoms with E-state index in [1.165, 1.54) is 53.7 Å². The van der Waals surface area contributed by atoms with E-state index in [0.717, 1.165) is 18.2 Å². The van der Waals surface area contributed by atoms with Gasteiger partial charge in [0, 0.05) is 14.2 Å². The zero-order valence-electron chi connectivity index (χ0n) is 29.5. The van der Waals surface area contributed by atoms with E-state index >= 15 is 0 Å². The molecule has 0 saturated carbocycles. The number of nitrogens with zero attached hydrogens (tertiary/aromatic N) is 7. The van der Waals surface area contributed by atoms with Crippen molar-refractivity contribution in [2.24, 2.45) is 0 Å². The minimum Gasteiger partial charge on any atom is -0.490 e. The van der Waals surface area contributed by atoms with E-state index in [9.17, 15) is 39.6 Å². The molecular formula is C29H32F3N9O12S2. The zero-order chi connectivity index (χ0) is 40.9. The number of alkyl halides is 2. The van der Waals surface area contributed by atoms with Crippen LogP contribution in [0.1, 0.15) is 16.2 Å². The molecule has 2 heterocycles. The van der Waals surface area contributed by atoms with E-state index in [0.29, 0.717) is 7.05 Å². The molecule has 0 unspecified atom stereocenters. The number of aromatic nitrogens is 6. The Morgan fingerprint density at radius 3 is 1.84 bits per heavy atom. The highest BCUT2D eigenvalue weighted by atomic mass is 32.2. The SMILES string of the molecule is COCCOc1ccccc1S(=O)(=O)NC(=O)Nc1nc(OC)nc(OC)n1.COc1nc(OC)nc(C(=O)c2cccc(F)c2N(C)S(=O)(=O)C(F)F)n1. The number of methoxy groups -OCH3 is 5. The van der Waals surface area contributed by atoms with E-state index in [2.05, 4.69) is 35.2 Å². The van der Waals surface area contributed by atoms with Gasteiger partial charge in [-0.05, 0) is 24.3 Å². The van der Waals surface area contributed by atoms with E-state index in [4.69, 9.17) is 28.4 Å². The van der Waals surface area contributed by atoms with Crippen molar-refractivity contribution >= 4 is 43.5 Å². The molecule has 21 nitrogen and oxygen atoms in total. The fraction of sp³-hybridized carbons (Fsp3) is 0.310. The number of rotatable bonds is 16. The largest absolute Gasteiger partial charge is 0.490 e. The van der Waals surface area contributed by atoms with Crippen LogP contribution >= 0.6 is 0 Å². The lowest BCUT2D eigenvalue weighted by Gasteiger charge is -2.21. The van der Waals surface area contributed by atoms with Crippen LogP contribution in [0, 0.1) is 5.82 Å². The quantitative estimate of drug-likeness (QED) is 0.120. The third kappa shape index (κ3) is 11.2. The molecule has 4 rings (SSSR count). The van der Waals surface area contributed by atoms with Crippen LogP contribution in [0.15, 0.2) is 47.4 Å². The Bertz CT molecular complexity index is 2160. The first kappa shape index (κ1) is 43.3. The van der Waals surface area contributed by atoms with Crippen LogP contribution in [-0.2, 0) is 24.8 Å². The molecule has 0 atom stereocenters. The van der Waals surface area contributed by atoms with Gasteiger partial charge in [0.25, 0.3) is 20.0 Å². The van der Waals surface area contributed by atoms with Crippen molar-refractivity contribution in [2.45, 2.75) is 10.7 Å². The van der Waals surface area contributed by atoms with Crippen LogP contribution in [-0.4, -0.2) is 120 Å². The summed E-state index contributed by atoms with van der Waals surface area (Å²) in [5, 5.41) is 2.18. The molecule has 0 spiro atoms. The summed E-state index contributed by atoms with van der Waals surface area (Å²) in [7, 11) is -2.23. The lowest BCUT2D eigenvalue weighted by molar-refractivity contribution is 0.102. The Morgan fingerprint density at radius 1 is 0.764 bits per heavy atom. The summed E-state index contributed by atoms with van der Waals surface area (Å²) in [6, 6.07) is 6.89. The van der Waals surface area contributed by atoms with Crippen molar-refractivity contribution in [2.75, 3.05) is 65.4 Å². The fourth-order valence-electron chi connectivity index (χ4n) is 3.91. The number of urea groups is 1. The molecule has 26 heteroatoms. The number of hydrogen-bond donors (Lipinski definition) is 2. The average Bonchev–Trinajstić information content (AvgIpc) is 3.16. The normalized spacial score (nSPS) is 11.1. The highest BCUT2D eigenvalue weighted by Gasteiger charge is 2.34. The van der Waals surface area contributed by atoms with Gasteiger partial charge in [0.05, 0.1) is 46.3 Å². The van der Waals surface area contributed by atoms with Crippen molar-refractivity contribution in [3.8, 4) is 29.8 Å². The lowest BCUT2D eigenvalue weighted by Crippen LogP contribution is -2.35. The minimum absolute atomic E-state index is 0.00408. The third-order valence-corrected chi connectivity index (χ3v) is 9.18. The van der Waals surface area contributed by atoms with Crippen LogP contribution in [0.5, 0.6) is 29.8 Å². The standard InChI is InChI=1S/C15H19N5O7S.C14H13F3N4O5S/c1-24-8-9-27-10-6-4-5-7-11(10)28(22,23)20-13(21)16-12-17-14(25-2)19-15(18-12)26-3;1-21(27(23,24)12(16)17)9-7(5-4-6-8(9)15)10(22)11-18-13(25-2)20-14(19-11)26-3/h4-7H,8-9H2,1-3H3,(H2,16,17,18,19,20,21);4-6,12H,1-3H3. The Hall–Kier alpha value is -6.15. The molecule has 0 aliphatic heterocycles. The van der Waals surface area contributed by atoms with Crippen molar-refractivity contribution < 1.29 is 68.0 Å². The predicted molar refractivity (Wildman–Crippen MR) is 182 cm³/mol. The van der Waals surface area contributed by atoms with E-state index < -0.39 is 60.5 Å². The molecule has 0 aliphatic carbocycles. The Kier molecular flexibility index (Phi) is 15.1. The third-order valence-electron chi connectivity index (χ3n) is 6.41. The summed E-state index contributed by atoms with van der Waals surface area (Å²) in [6.45, 7) is 0.408. The summed E-state index contributed by atoms with van der Waals surface area (Å²) >= 11 is 0. The number of ketones is 1. The van der Waals surface area contributed by atoms with Gasteiger partial charge in [-0.15, -0.1) is 9.97 Å². The van der Waals surface area contributed by atoms with Gasteiger partial charge >= 0.3 is 35.8 Å². The molecule has 0 aliphatic rings. The molecule has 298 valence electrons. The molecule has 0 fully saturated rings. The number of para-hydroxylation sites is 2. The number of hydrogen-bond acceptors (Lipinski definition) is 18. The lowest BCUT2D eigenvalue weighted by atomic mass is 10.1. The summed E-state index contributed by atoms with van der Waals surface area (Å²) in [5.74, 6) is -6.83. The molecule has 2 amide bonds. The van der Waals surface area contributed by atoms with E-state index in [1.807, 2.05) is 4.72 Å². The van der Waals surface area contributed by atoms with Crippen LogP contribution < -0.4 is 38.0 Å². The first-order chi connectivity index (χ1) is 26.0. The summed E-state index contributed by atoms with van der Waals surface area (Å²) < 4.78 is 120. The van der Waals surface area contributed by atoms with Crippen LogP contribution in [0.4, 0.5) is 29.6 Å². The number of halogens is 3. The van der Waals surface area contributed by atoms with Crippen molar-refractivity contribution in [3.05, 3.63) is 59.7 Å². The molecule has 2 aromatic heterocycles. The number of carbonyl (C=O) groups is 2. The van der Waals surface area contributed by atoms with Gasteiger partial charge in [0.2, 0.25) is 17.6 Å². The van der Waals surface area contributed by atoms with Gasteiger partial charge in [-0.1, -0.05) is 18.2 Å². The number of amides is 2. The predicted octanol–water partition coefficient (Wildman–Crippen LogP) is 1.67. The van der Waals surface area contributed by atoms with Gasteiger partial charge in [0.1, 0.15) is 23.1 Å². The fourth-order valence-corrected chi connectivity index (χ4v) is 5.65. The molecule has 0 saturated heterocycles. The Morgan fingerprint density at radius 2 is 1.31 bits per heavy atom. The first-order valence-corrected chi connectivity index (χ1v) is 17.8. The Balaban J connectivity index is 0.000000296. The van der Waals surface area contributed by atoms with Crippen molar-refractivity contribution in [1.82, 2.24) is 34.6 Å². The summed E-state index contributed by atoms with van der Waals surface area (Å²) in [4.78, 5) is 47.0. The molecule has 4 aromatic rings. The smallest absolute Gasteiger partial charge is 0.355 e. The summed E-state index contributed by atoms with van der Waals surface area (Å²) in [6.07, 6.45) is 0. The second kappa shape index (κ2) is 19.3. The topological polar surface area (TPSA) is 262 Å². The maximum absolute atomic E-state index is 14.3. The average molecular weight is 820 g/mol. The number of nitrogens with one attached hydrogen (secondary N) is 2. The van der Waals surface area contributed by atoms with Crippen LogP contribution in [0.3, 0.4) is 0 Å². The van der Waals surface area contributed by atoms with E-state index in [1.54, 1.807) is 6.07 Å². The van der Waals surface area contributed by atoms with Crippen LogP contribution in [0.25, 0.3) is 0 Å². The highest BCUT2D eigenvalue weighted by Crippen LogP contribution is 2.30. The molecule has 0 bridgehead atoms. The zero-order valence-corrected chi connectivity index (χ0v) is 31.1. The van der Waals surface area contributed by atoms with Crippen LogP contribution in [0.2, 0.25) is 0 Å². The second-order valence-electron chi connectivity index (χ2n) is 9.85. The molecule has 55 heavy (non-hydrogen) atoms. The number of benzene rings is 2. The monoisotopic (exact) mass is 819 g/mol. The van der Waals surface area contributed by atoms with Gasteiger partial charge < -0.3 is 28.4 Å². The van der Waals surface area contributed by atoms with Gasteiger partial charge in [-0.2, -0.15) is 28.7 Å². The number of anilines is 2. The summed E-state index contributed by atoms with van der Waals surface area (Å²) in [5.41, 5.74) is -1.43. The second-order valence-corrected chi connectivity index (χ2v) is 13.4. The highest BCUT2D eigenvalue weighted by molar-refractivity contribution is 7.93. The maximum atomic E-state index is 14.3. The molecule has 2 N–H and O–H groups in total. The number of sulfonamides is 2. The molecular weight excluding hydrogens is 787 g/mol. The van der Waals surface area contributed by atoms with Crippen molar-refractivity contribution in [1.29, 1.82) is 0 Å². The number of ether oxygens (including phenoxy) is 6. The first-order valence-electron chi connectivity index (χ1n) is 14.8. The van der Waals surface area contributed by atoms with Gasteiger partial charge in [-0.3, -0.25) is 14.4 Å². The molecule has 0 radical (unpaired) electrons. The Labute approximate surface area is 311 Å². The molecule has 2 aromatic carbocycles.